The molecule has 0 saturated carbocycles. The second-order valence-corrected chi connectivity index (χ2v) is 5.32. The summed E-state index contributed by atoms with van der Waals surface area (Å²) in [5.74, 6) is -2.75. The van der Waals surface area contributed by atoms with E-state index in [-0.39, 0.29) is 12.8 Å². The fraction of sp³-hybridized carbons (Fsp3) is 0.308. The molecule has 1 saturated heterocycles. The first-order chi connectivity index (χ1) is 9.40. The van der Waals surface area contributed by atoms with E-state index in [4.69, 9.17) is 28.3 Å². The molecule has 2 amide bonds. The number of carboxylic acids is 1. The van der Waals surface area contributed by atoms with Gasteiger partial charge in [-0.25, -0.2) is 0 Å². The molecule has 1 aromatic carbocycles. The Hall–Kier alpha value is -1.59. The zero-order valence-electron chi connectivity index (χ0n) is 10.3. The average Bonchev–Trinajstić information content (AvgIpc) is 2.62. The smallest absolute Gasteiger partial charge is 0.323 e. The van der Waals surface area contributed by atoms with Crippen molar-refractivity contribution in [3.05, 3.63) is 33.8 Å². The van der Waals surface area contributed by atoms with E-state index in [2.05, 4.69) is 0 Å². The number of amides is 2. The minimum atomic E-state index is -1.21. The summed E-state index contributed by atoms with van der Waals surface area (Å²) >= 11 is 11.9. The zero-order valence-corrected chi connectivity index (χ0v) is 11.8. The van der Waals surface area contributed by atoms with Crippen molar-refractivity contribution in [1.82, 2.24) is 4.90 Å². The van der Waals surface area contributed by atoms with Crippen LogP contribution in [-0.2, 0) is 20.8 Å². The Balaban J connectivity index is 2.15. The van der Waals surface area contributed by atoms with Crippen LogP contribution in [0, 0.1) is 5.92 Å². The number of hydrogen-bond donors (Lipinski definition) is 1. The number of carbonyl (C=O) groups is 3. The average molecular weight is 316 g/mol. The van der Waals surface area contributed by atoms with Crippen molar-refractivity contribution in [2.45, 2.75) is 12.8 Å². The molecule has 1 N–H and O–H groups in total. The first-order valence-electron chi connectivity index (χ1n) is 5.89. The molecule has 0 aliphatic carbocycles. The highest BCUT2D eigenvalue weighted by Crippen LogP contribution is 2.30. The van der Waals surface area contributed by atoms with Crippen LogP contribution in [0.2, 0.25) is 10.0 Å². The number of aliphatic carboxylic acids is 1. The van der Waals surface area contributed by atoms with Crippen molar-refractivity contribution >= 4 is 41.0 Å². The minimum absolute atomic E-state index is 0.00500. The third kappa shape index (κ3) is 2.94. The number of imide groups is 1. The molecule has 20 heavy (non-hydrogen) atoms. The molecule has 1 unspecified atom stereocenters. The fourth-order valence-corrected chi connectivity index (χ4v) is 2.58. The molecule has 106 valence electrons. The largest absolute Gasteiger partial charge is 0.480 e. The maximum atomic E-state index is 12.0. The molecule has 1 fully saturated rings. The summed E-state index contributed by atoms with van der Waals surface area (Å²) in [5, 5.41) is 9.41. The maximum Gasteiger partial charge on any atom is 0.323 e. The molecule has 1 aromatic rings. The van der Waals surface area contributed by atoms with E-state index in [1.54, 1.807) is 18.2 Å². The van der Waals surface area contributed by atoms with Gasteiger partial charge in [0.25, 0.3) is 0 Å². The highest BCUT2D eigenvalue weighted by Gasteiger charge is 2.39. The van der Waals surface area contributed by atoms with Crippen LogP contribution in [0.15, 0.2) is 18.2 Å². The third-order valence-electron chi connectivity index (χ3n) is 3.13. The lowest BCUT2D eigenvalue weighted by molar-refractivity contribution is -0.149. The lowest BCUT2D eigenvalue weighted by Crippen LogP contribution is -2.35. The van der Waals surface area contributed by atoms with Crippen molar-refractivity contribution < 1.29 is 19.5 Å². The van der Waals surface area contributed by atoms with Crippen molar-refractivity contribution in [2.24, 2.45) is 5.92 Å². The molecule has 1 heterocycles. The Morgan fingerprint density at radius 1 is 1.35 bits per heavy atom. The van der Waals surface area contributed by atoms with E-state index in [0.717, 1.165) is 4.90 Å². The monoisotopic (exact) mass is 315 g/mol. The molecule has 5 nitrogen and oxygen atoms in total. The lowest BCUT2D eigenvalue weighted by Gasteiger charge is -2.13. The minimum Gasteiger partial charge on any atom is -0.480 e. The first kappa shape index (κ1) is 14.8. The second-order valence-electron chi connectivity index (χ2n) is 4.53. The quantitative estimate of drug-likeness (QED) is 0.862. The highest BCUT2D eigenvalue weighted by molar-refractivity contribution is 6.42. The van der Waals surface area contributed by atoms with Gasteiger partial charge in [0.05, 0.1) is 16.0 Å². The Bertz CT molecular complexity index is 588. The van der Waals surface area contributed by atoms with Crippen molar-refractivity contribution in [1.29, 1.82) is 0 Å². The van der Waals surface area contributed by atoms with Crippen molar-refractivity contribution in [3.8, 4) is 0 Å². The van der Waals surface area contributed by atoms with Crippen LogP contribution < -0.4 is 0 Å². The van der Waals surface area contributed by atoms with Gasteiger partial charge in [0, 0.05) is 6.42 Å². The molecule has 0 spiro atoms. The predicted molar refractivity (Wildman–Crippen MR) is 72.6 cm³/mol. The molecule has 0 aromatic heterocycles. The molecular weight excluding hydrogens is 305 g/mol. The van der Waals surface area contributed by atoms with Crippen LogP contribution in [0.5, 0.6) is 0 Å². The van der Waals surface area contributed by atoms with Gasteiger partial charge in [0.15, 0.2) is 0 Å². The topological polar surface area (TPSA) is 74.7 Å². The number of carboxylic acid groups (broad SMARTS) is 1. The number of hydrogen-bond acceptors (Lipinski definition) is 3. The molecule has 0 bridgehead atoms. The normalized spacial score (nSPS) is 18.7. The molecule has 0 radical (unpaired) electrons. The van der Waals surface area contributed by atoms with Crippen molar-refractivity contribution in [2.75, 3.05) is 6.54 Å². The van der Waals surface area contributed by atoms with Gasteiger partial charge in [0.1, 0.15) is 6.54 Å². The van der Waals surface area contributed by atoms with E-state index < -0.39 is 30.2 Å². The SMILES string of the molecule is O=C(O)CN1C(=O)CC(Cc2cccc(Cl)c2Cl)C1=O. The van der Waals surface area contributed by atoms with Crippen LogP contribution in [-0.4, -0.2) is 34.3 Å². The van der Waals surface area contributed by atoms with Crippen LogP contribution in [0.1, 0.15) is 12.0 Å². The number of likely N-dealkylation sites (tertiary alicyclic amines) is 1. The maximum absolute atomic E-state index is 12.0. The Morgan fingerprint density at radius 2 is 2.05 bits per heavy atom. The number of benzene rings is 1. The van der Waals surface area contributed by atoms with Gasteiger partial charge in [-0.2, -0.15) is 0 Å². The Morgan fingerprint density at radius 3 is 2.70 bits per heavy atom. The summed E-state index contributed by atoms with van der Waals surface area (Å²) in [5.41, 5.74) is 0.669. The zero-order chi connectivity index (χ0) is 14.9. The van der Waals surface area contributed by atoms with Crippen molar-refractivity contribution in [3.63, 3.8) is 0 Å². The summed E-state index contributed by atoms with van der Waals surface area (Å²) in [6, 6.07) is 5.07. The summed E-state index contributed by atoms with van der Waals surface area (Å²) in [7, 11) is 0. The van der Waals surface area contributed by atoms with Crippen LogP contribution in [0.25, 0.3) is 0 Å². The Kier molecular flexibility index (Phi) is 4.30. The summed E-state index contributed by atoms with van der Waals surface area (Å²) in [4.78, 5) is 35.1. The fourth-order valence-electron chi connectivity index (χ4n) is 2.18. The van der Waals surface area contributed by atoms with Gasteiger partial charge in [-0.05, 0) is 18.1 Å². The lowest BCUT2D eigenvalue weighted by atomic mass is 9.98. The number of carbonyl (C=O) groups excluding carboxylic acids is 2. The van der Waals surface area contributed by atoms with Crippen LogP contribution in [0.3, 0.4) is 0 Å². The highest BCUT2D eigenvalue weighted by atomic mass is 35.5. The predicted octanol–water partition coefficient (Wildman–Crippen LogP) is 2.00. The van der Waals surface area contributed by atoms with Gasteiger partial charge in [0.2, 0.25) is 11.8 Å². The van der Waals surface area contributed by atoms with Gasteiger partial charge in [-0.1, -0.05) is 35.3 Å². The van der Waals surface area contributed by atoms with E-state index in [0.29, 0.717) is 15.6 Å². The van der Waals surface area contributed by atoms with Gasteiger partial charge in [-0.15, -0.1) is 0 Å². The Labute approximate surface area is 125 Å². The molecule has 1 aliphatic heterocycles. The van der Waals surface area contributed by atoms with E-state index >= 15 is 0 Å². The first-order valence-corrected chi connectivity index (χ1v) is 6.64. The number of halogens is 2. The third-order valence-corrected chi connectivity index (χ3v) is 3.99. The molecule has 2 rings (SSSR count). The standard InChI is InChI=1S/C13H11Cl2NO4/c14-9-3-1-2-7(12(9)15)4-8-5-10(17)16(13(8)20)6-11(18)19/h1-3,8H,4-6H2,(H,18,19). The summed E-state index contributed by atoms with van der Waals surface area (Å²) in [6.45, 7) is -0.600. The van der Waals surface area contributed by atoms with E-state index in [9.17, 15) is 14.4 Å². The summed E-state index contributed by atoms with van der Waals surface area (Å²) in [6.07, 6.45) is 0.259. The molecular formula is C13H11Cl2NO4. The van der Waals surface area contributed by atoms with Gasteiger partial charge >= 0.3 is 5.97 Å². The van der Waals surface area contributed by atoms with Crippen LogP contribution >= 0.6 is 23.2 Å². The van der Waals surface area contributed by atoms with E-state index in [1.807, 2.05) is 0 Å². The molecule has 7 heteroatoms. The summed E-state index contributed by atoms with van der Waals surface area (Å²) < 4.78 is 0. The van der Waals surface area contributed by atoms with Gasteiger partial charge < -0.3 is 5.11 Å². The van der Waals surface area contributed by atoms with Crippen LogP contribution in [0.4, 0.5) is 0 Å². The van der Waals surface area contributed by atoms with E-state index in [1.165, 1.54) is 0 Å². The molecule has 1 aliphatic rings. The van der Waals surface area contributed by atoms with Gasteiger partial charge in [-0.3, -0.25) is 19.3 Å². The second kappa shape index (κ2) is 5.81. The number of nitrogens with zero attached hydrogens (tertiary/aromatic N) is 1. The molecule has 1 atom stereocenters. The number of rotatable bonds is 4.